The molecule has 0 nitrogen and oxygen atoms in total. The highest BCUT2D eigenvalue weighted by molar-refractivity contribution is 5.37. The van der Waals surface area contributed by atoms with E-state index in [9.17, 15) is 0 Å². The summed E-state index contributed by atoms with van der Waals surface area (Å²) < 4.78 is 0. The van der Waals surface area contributed by atoms with E-state index in [2.05, 4.69) is 82.2 Å². The van der Waals surface area contributed by atoms with Crippen LogP contribution < -0.4 is 0 Å². The third kappa shape index (κ3) is 21.5. The Hall–Kier alpha value is -0.520. The average Bonchev–Trinajstić information content (AvgIpc) is 2.73. The summed E-state index contributed by atoms with van der Waals surface area (Å²) in [7, 11) is 0. The van der Waals surface area contributed by atoms with Crippen molar-refractivity contribution in [2.75, 3.05) is 0 Å². The molecule has 23 heavy (non-hydrogen) atoms. The van der Waals surface area contributed by atoms with Gasteiger partial charge >= 0.3 is 0 Å². The van der Waals surface area contributed by atoms with Gasteiger partial charge in [-0.15, -0.1) is 0 Å². The van der Waals surface area contributed by atoms with Crippen LogP contribution in [0.15, 0.2) is 22.8 Å². The summed E-state index contributed by atoms with van der Waals surface area (Å²) >= 11 is 0. The van der Waals surface area contributed by atoms with E-state index < -0.39 is 0 Å². The Morgan fingerprint density at radius 1 is 0.913 bits per heavy atom. The summed E-state index contributed by atoms with van der Waals surface area (Å²) in [6.07, 6.45) is 10.3. The minimum atomic E-state index is 0.500. The molecular formula is C23H46. The molecule has 0 unspecified atom stereocenters. The maximum absolute atomic E-state index is 2.32. The molecule has 0 atom stereocenters. The van der Waals surface area contributed by atoms with E-state index in [4.69, 9.17) is 0 Å². The number of rotatable bonds is 4. The van der Waals surface area contributed by atoms with Gasteiger partial charge in [0.1, 0.15) is 0 Å². The molecule has 0 saturated heterocycles. The van der Waals surface area contributed by atoms with E-state index >= 15 is 0 Å². The van der Waals surface area contributed by atoms with E-state index in [-0.39, 0.29) is 0 Å². The van der Waals surface area contributed by atoms with Gasteiger partial charge in [0, 0.05) is 0 Å². The van der Waals surface area contributed by atoms with Crippen LogP contribution in [0.2, 0.25) is 0 Å². The van der Waals surface area contributed by atoms with Crippen LogP contribution in [0.5, 0.6) is 0 Å². The Balaban J connectivity index is 0. The fraction of sp³-hybridized carbons (Fsp3) is 0.826. The highest BCUT2D eigenvalue weighted by Crippen LogP contribution is 2.32. The lowest BCUT2D eigenvalue weighted by molar-refractivity contribution is 0.469. The van der Waals surface area contributed by atoms with Gasteiger partial charge in [0.15, 0.2) is 0 Å². The van der Waals surface area contributed by atoms with Crippen molar-refractivity contribution in [3.05, 3.63) is 22.8 Å². The molecule has 0 fully saturated rings. The molecule has 0 radical (unpaired) electrons. The van der Waals surface area contributed by atoms with Crippen molar-refractivity contribution >= 4 is 0 Å². The van der Waals surface area contributed by atoms with Gasteiger partial charge in [0.2, 0.25) is 0 Å². The first-order chi connectivity index (χ1) is 10.3. The lowest BCUT2D eigenvalue weighted by atomic mass is 9.97. The second-order valence-electron chi connectivity index (χ2n) is 10.0. The van der Waals surface area contributed by atoms with Crippen molar-refractivity contribution in [1.82, 2.24) is 0 Å². The fourth-order valence-corrected chi connectivity index (χ4v) is 2.17. The van der Waals surface area contributed by atoms with E-state index in [0.29, 0.717) is 10.8 Å². The molecule has 0 aliphatic heterocycles. The van der Waals surface area contributed by atoms with Gasteiger partial charge in [-0.3, -0.25) is 0 Å². The maximum atomic E-state index is 2.32. The number of hydrogen-bond donors (Lipinski definition) is 0. The van der Waals surface area contributed by atoms with Crippen LogP contribution in [-0.4, -0.2) is 0 Å². The Labute approximate surface area is 148 Å². The topological polar surface area (TPSA) is 0 Å². The lowest BCUT2D eigenvalue weighted by Crippen LogP contribution is -1.93. The fourth-order valence-electron chi connectivity index (χ4n) is 2.17. The van der Waals surface area contributed by atoms with Crippen LogP contribution in [0.3, 0.4) is 0 Å². The van der Waals surface area contributed by atoms with E-state index in [1.807, 2.05) is 0 Å². The maximum Gasteiger partial charge on any atom is -0.0274 e. The number of unbranched alkanes of at least 4 members (excludes halogenated alkanes) is 1. The van der Waals surface area contributed by atoms with E-state index in [1.54, 1.807) is 16.7 Å². The van der Waals surface area contributed by atoms with Gasteiger partial charge < -0.3 is 0 Å². The lowest BCUT2D eigenvalue weighted by Gasteiger charge is -2.08. The van der Waals surface area contributed by atoms with Gasteiger partial charge in [-0.2, -0.15) is 0 Å². The number of allylic oxidation sites excluding steroid dienone is 4. The van der Waals surface area contributed by atoms with Gasteiger partial charge in [0.25, 0.3) is 0 Å². The van der Waals surface area contributed by atoms with Crippen LogP contribution in [-0.2, 0) is 0 Å². The molecule has 0 bridgehead atoms. The molecule has 0 saturated carbocycles. The predicted octanol–water partition coefficient (Wildman–Crippen LogP) is 8.73. The molecule has 138 valence electrons. The number of hydrogen-bond acceptors (Lipinski definition) is 0. The molecule has 0 spiro atoms. The summed E-state index contributed by atoms with van der Waals surface area (Å²) in [5, 5.41) is 0. The standard InChI is InChI=1S/C13H22.2C5H12/c1-4-6-9-12(5-2)13-10-7-8-11(13)3;2*1-5(2,3)4/h5H,4,6-10H2,1-3H3;2*1-4H3/b12-5-;;. The van der Waals surface area contributed by atoms with Gasteiger partial charge in [0.05, 0.1) is 0 Å². The molecule has 0 amide bonds. The average molecular weight is 323 g/mol. The second-order valence-corrected chi connectivity index (χ2v) is 10.0. The van der Waals surface area contributed by atoms with Gasteiger partial charge in [-0.05, 0) is 67.9 Å². The van der Waals surface area contributed by atoms with Crippen LogP contribution in [0.1, 0.15) is 115 Å². The minimum absolute atomic E-state index is 0.500. The summed E-state index contributed by atoms with van der Waals surface area (Å²) in [5.41, 5.74) is 5.94. The minimum Gasteiger partial charge on any atom is -0.0842 e. The first-order valence-corrected chi connectivity index (χ1v) is 9.63. The van der Waals surface area contributed by atoms with Crippen molar-refractivity contribution in [3.8, 4) is 0 Å². The molecule has 1 rings (SSSR count). The zero-order valence-corrected chi connectivity index (χ0v) is 18.3. The largest absolute Gasteiger partial charge is 0.0842 e. The summed E-state index contributed by atoms with van der Waals surface area (Å²) in [5.74, 6) is 0. The summed E-state index contributed by atoms with van der Waals surface area (Å²) in [4.78, 5) is 0. The Bertz CT molecular complexity index is 328. The Kier molecular flexibility index (Phi) is 12.8. The van der Waals surface area contributed by atoms with Gasteiger partial charge in [-0.1, -0.05) is 80.4 Å². The van der Waals surface area contributed by atoms with Crippen molar-refractivity contribution in [2.45, 2.75) is 115 Å². The monoisotopic (exact) mass is 322 g/mol. The van der Waals surface area contributed by atoms with Crippen molar-refractivity contribution in [2.24, 2.45) is 10.8 Å². The third-order valence-corrected chi connectivity index (χ3v) is 3.03. The molecule has 0 aromatic heterocycles. The van der Waals surface area contributed by atoms with Crippen LogP contribution in [0.25, 0.3) is 0 Å². The molecule has 1 aliphatic carbocycles. The molecule has 0 N–H and O–H groups in total. The molecule has 0 heterocycles. The SMILES string of the molecule is C/C=C(/CCCC)C1=C(C)CCC1.CC(C)(C)C.CC(C)(C)C. The highest BCUT2D eigenvalue weighted by Gasteiger charge is 2.13. The van der Waals surface area contributed by atoms with Crippen LogP contribution >= 0.6 is 0 Å². The quantitative estimate of drug-likeness (QED) is 0.485. The molecule has 1 aliphatic rings. The predicted molar refractivity (Wildman–Crippen MR) is 110 cm³/mol. The molecule has 0 aromatic rings. The van der Waals surface area contributed by atoms with Crippen LogP contribution in [0.4, 0.5) is 0 Å². The van der Waals surface area contributed by atoms with Crippen LogP contribution in [0, 0.1) is 10.8 Å². The summed E-state index contributed by atoms with van der Waals surface area (Å²) in [6.45, 7) is 24.3. The molecule has 0 aromatic carbocycles. The zero-order valence-electron chi connectivity index (χ0n) is 18.3. The first kappa shape index (κ1) is 24.7. The Morgan fingerprint density at radius 3 is 1.61 bits per heavy atom. The second kappa shape index (κ2) is 11.9. The zero-order chi connectivity index (χ0) is 18.7. The van der Waals surface area contributed by atoms with Crippen molar-refractivity contribution in [1.29, 1.82) is 0 Å². The third-order valence-electron chi connectivity index (χ3n) is 3.03. The normalized spacial score (nSPS) is 15.7. The van der Waals surface area contributed by atoms with Gasteiger partial charge in [-0.25, -0.2) is 0 Å². The smallest absolute Gasteiger partial charge is 0.0274 e. The Morgan fingerprint density at radius 2 is 1.35 bits per heavy atom. The highest BCUT2D eigenvalue weighted by atomic mass is 14.2. The van der Waals surface area contributed by atoms with Crippen molar-refractivity contribution < 1.29 is 0 Å². The molecular weight excluding hydrogens is 276 g/mol. The first-order valence-electron chi connectivity index (χ1n) is 9.63. The van der Waals surface area contributed by atoms with E-state index in [1.165, 1.54) is 38.5 Å². The van der Waals surface area contributed by atoms with E-state index in [0.717, 1.165) is 0 Å². The summed E-state index contributed by atoms with van der Waals surface area (Å²) in [6, 6.07) is 0. The molecule has 0 heteroatoms. The van der Waals surface area contributed by atoms with Crippen molar-refractivity contribution in [3.63, 3.8) is 0 Å².